The number of methoxy groups -OCH3 is 1. The summed E-state index contributed by atoms with van der Waals surface area (Å²) in [5.74, 6) is -0.896. The van der Waals surface area contributed by atoms with Gasteiger partial charge in [-0.25, -0.2) is 4.79 Å². The summed E-state index contributed by atoms with van der Waals surface area (Å²) in [5.41, 5.74) is 1.68. The van der Waals surface area contributed by atoms with E-state index in [0.29, 0.717) is 18.5 Å². The van der Waals surface area contributed by atoms with Crippen LogP contribution in [-0.4, -0.2) is 37.5 Å². The van der Waals surface area contributed by atoms with Crippen LogP contribution in [0.2, 0.25) is 0 Å². The molecule has 120 valence electrons. The lowest BCUT2D eigenvalue weighted by molar-refractivity contribution is -0.144. The zero-order valence-corrected chi connectivity index (χ0v) is 13.1. The van der Waals surface area contributed by atoms with Gasteiger partial charge in [0.05, 0.1) is 7.11 Å². The van der Waals surface area contributed by atoms with Crippen LogP contribution in [0.4, 0.5) is 0 Å². The third-order valence-electron chi connectivity index (χ3n) is 3.11. The van der Waals surface area contributed by atoms with Crippen LogP contribution in [0.1, 0.15) is 35.7 Å². The van der Waals surface area contributed by atoms with Crippen LogP contribution in [0.3, 0.4) is 0 Å². The highest BCUT2D eigenvalue weighted by atomic mass is 16.5. The highest BCUT2D eigenvalue weighted by Gasteiger charge is 2.15. The van der Waals surface area contributed by atoms with Gasteiger partial charge in [-0.3, -0.25) is 9.59 Å². The van der Waals surface area contributed by atoms with Crippen molar-refractivity contribution in [2.45, 2.75) is 32.7 Å². The Morgan fingerprint density at radius 1 is 1.18 bits per heavy atom. The van der Waals surface area contributed by atoms with Crippen molar-refractivity contribution >= 4 is 17.8 Å². The molecule has 0 saturated heterocycles. The molecule has 22 heavy (non-hydrogen) atoms. The Hall–Kier alpha value is -2.37. The monoisotopic (exact) mass is 306 g/mol. The SMILES string of the molecule is COC(=O)[C@H](C)NC(=O)CCCNC(=O)c1ccc(C)cc1. The van der Waals surface area contributed by atoms with Crippen molar-refractivity contribution in [2.75, 3.05) is 13.7 Å². The van der Waals surface area contributed by atoms with Crippen molar-refractivity contribution in [3.05, 3.63) is 35.4 Å². The Labute approximate surface area is 130 Å². The van der Waals surface area contributed by atoms with Crippen molar-refractivity contribution in [2.24, 2.45) is 0 Å². The van der Waals surface area contributed by atoms with Gasteiger partial charge < -0.3 is 15.4 Å². The molecule has 0 aromatic heterocycles. The van der Waals surface area contributed by atoms with Gasteiger partial charge in [0.15, 0.2) is 0 Å². The average molecular weight is 306 g/mol. The van der Waals surface area contributed by atoms with Crippen molar-refractivity contribution in [1.29, 1.82) is 0 Å². The van der Waals surface area contributed by atoms with E-state index in [-0.39, 0.29) is 18.2 Å². The first kappa shape index (κ1) is 17.7. The van der Waals surface area contributed by atoms with E-state index in [9.17, 15) is 14.4 Å². The van der Waals surface area contributed by atoms with Crippen molar-refractivity contribution in [1.82, 2.24) is 10.6 Å². The fourth-order valence-corrected chi connectivity index (χ4v) is 1.81. The Kier molecular flexibility index (Phi) is 7.08. The van der Waals surface area contributed by atoms with Crippen LogP contribution >= 0.6 is 0 Å². The summed E-state index contributed by atoms with van der Waals surface area (Å²) in [6.07, 6.45) is 0.729. The van der Waals surface area contributed by atoms with Crippen LogP contribution in [0.5, 0.6) is 0 Å². The van der Waals surface area contributed by atoms with Crippen molar-refractivity contribution in [3.8, 4) is 0 Å². The lowest BCUT2D eigenvalue weighted by atomic mass is 10.1. The zero-order valence-electron chi connectivity index (χ0n) is 13.1. The molecule has 0 spiro atoms. The normalized spacial score (nSPS) is 11.4. The fourth-order valence-electron chi connectivity index (χ4n) is 1.81. The molecule has 0 aliphatic carbocycles. The lowest BCUT2D eigenvalue weighted by Crippen LogP contribution is -2.39. The number of carbonyl (C=O) groups is 3. The molecule has 2 amide bonds. The first-order valence-corrected chi connectivity index (χ1v) is 7.16. The summed E-state index contributed by atoms with van der Waals surface area (Å²) in [6, 6.07) is 6.59. The molecule has 1 rings (SSSR count). The predicted molar refractivity (Wildman–Crippen MR) is 82.4 cm³/mol. The lowest BCUT2D eigenvalue weighted by Gasteiger charge is -2.11. The number of ether oxygens (including phenoxy) is 1. The van der Waals surface area contributed by atoms with Gasteiger partial charge in [0.2, 0.25) is 5.91 Å². The molecule has 2 N–H and O–H groups in total. The Morgan fingerprint density at radius 2 is 1.82 bits per heavy atom. The number of benzene rings is 1. The number of hydrogen-bond acceptors (Lipinski definition) is 4. The van der Waals surface area contributed by atoms with E-state index in [1.54, 1.807) is 19.1 Å². The van der Waals surface area contributed by atoms with Gasteiger partial charge >= 0.3 is 5.97 Å². The average Bonchev–Trinajstić information content (AvgIpc) is 2.51. The Morgan fingerprint density at radius 3 is 2.41 bits per heavy atom. The molecule has 0 bridgehead atoms. The van der Waals surface area contributed by atoms with Crippen molar-refractivity contribution in [3.63, 3.8) is 0 Å². The first-order valence-electron chi connectivity index (χ1n) is 7.16. The third kappa shape index (κ3) is 5.95. The van der Waals surface area contributed by atoms with Crippen LogP contribution in [0.15, 0.2) is 24.3 Å². The summed E-state index contributed by atoms with van der Waals surface area (Å²) in [5, 5.41) is 5.28. The predicted octanol–water partition coefficient (Wildman–Crippen LogP) is 1.18. The largest absolute Gasteiger partial charge is 0.467 e. The molecule has 1 atom stereocenters. The van der Waals surface area contributed by atoms with Gasteiger partial charge in [0, 0.05) is 18.5 Å². The number of aryl methyl sites for hydroxylation is 1. The van der Waals surface area contributed by atoms with Crippen molar-refractivity contribution < 1.29 is 19.1 Å². The van der Waals surface area contributed by atoms with Gasteiger partial charge in [0.1, 0.15) is 6.04 Å². The van der Waals surface area contributed by atoms with E-state index >= 15 is 0 Å². The highest BCUT2D eigenvalue weighted by molar-refractivity contribution is 5.94. The van der Waals surface area contributed by atoms with E-state index < -0.39 is 12.0 Å². The molecular weight excluding hydrogens is 284 g/mol. The molecule has 0 radical (unpaired) electrons. The van der Waals surface area contributed by atoms with E-state index in [1.807, 2.05) is 19.1 Å². The molecule has 6 nitrogen and oxygen atoms in total. The molecular formula is C16H22N2O4. The first-order chi connectivity index (χ1) is 10.4. The van der Waals surface area contributed by atoms with Gasteiger partial charge in [-0.1, -0.05) is 17.7 Å². The minimum absolute atomic E-state index is 0.164. The number of rotatable bonds is 7. The number of esters is 1. The quantitative estimate of drug-likeness (QED) is 0.585. The third-order valence-corrected chi connectivity index (χ3v) is 3.11. The maximum Gasteiger partial charge on any atom is 0.328 e. The number of amides is 2. The van der Waals surface area contributed by atoms with Gasteiger partial charge in [-0.15, -0.1) is 0 Å². The van der Waals surface area contributed by atoms with Gasteiger partial charge in [-0.05, 0) is 32.4 Å². The molecule has 0 saturated carbocycles. The van der Waals surface area contributed by atoms with E-state index in [2.05, 4.69) is 15.4 Å². The van der Waals surface area contributed by atoms with E-state index in [1.165, 1.54) is 7.11 Å². The van der Waals surface area contributed by atoms with Gasteiger partial charge in [0.25, 0.3) is 5.91 Å². The van der Waals surface area contributed by atoms with E-state index in [4.69, 9.17) is 0 Å². The molecule has 0 aliphatic heterocycles. The second-order valence-electron chi connectivity index (χ2n) is 5.04. The van der Waals surface area contributed by atoms with Crippen LogP contribution in [0, 0.1) is 6.92 Å². The summed E-state index contributed by atoms with van der Waals surface area (Å²) < 4.78 is 4.52. The van der Waals surface area contributed by atoms with Gasteiger partial charge in [-0.2, -0.15) is 0 Å². The maximum atomic E-state index is 11.8. The second-order valence-corrected chi connectivity index (χ2v) is 5.04. The van der Waals surface area contributed by atoms with Crippen LogP contribution < -0.4 is 10.6 Å². The standard InChI is InChI=1S/C16H22N2O4/c1-11-6-8-13(9-7-11)15(20)17-10-4-5-14(19)18-12(2)16(21)22-3/h6-9,12H,4-5,10H2,1-3H3,(H,17,20)(H,18,19)/t12-/m0/s1. The molecule has 0 unspecified atom stereocenters. The molecule has 0 heterocycles. The summed E-state index contributed by atoms with van der Waals surface area (Å²) in [7, 11) is 1.27. The maximum absolute atomic E-state index is 11.8. The minimum Gasteiger partial charge on any atom is -0.467 e. The Bertz CT molecular complexity index is 525. The number of hydrogen-bond donors (Lipinski definition) is 2. The molecule has 1 aromatic carbocycles. The zero-order chi connectivity index (χ0) is 16.5. The summed E-state index contributed by atoms with van der Waals surface area (Å²) in [4.78, 5) is 34.6. The smallest absolute Gasteiger partial charge is 0.328 e. The topological polar surface area (TPSA) is 84.5 Å². The molecule has 6 heteroatoms. The highest BCUT2D eigenvalue weighted by Crippen LogP contribution is 2.02. The van der Waals surface area contributed by atoms with Crippen LogP contribution in [0.25, 0.3) is 0 Å². The Balaban J connectivity index is 2.24. The second kappa shape index (κ2) is 8.81. The molecule has 0 fully saturated rings. The number of carbonyl (C=O) groups excluding carboxylic acids is 3. The summed E-state index contributed by atoms with van der Waals surface area (Å²) >= 11 is 0. The van der Waals surface area contributed by atoms with Crippen LogP contribution in [-0.2, 0) is 14.3 Å². The minimum atomic E-state index is -0.667. The van der Waals surface area contributed by atoms with E-state index in [0.717, 1.165) is 5.56 Å². The molecule has 1 aromatic rings. The number of nitrogens with one attached hydrogen (secondary N) is 2. The fraction of sp³-hybridized carbons (Fsp3) is 0.438. The summed E-state index contributed by atoms with van der Waals surface area (Å²) in [6.45, 7) is 3.91. The molecule has 0 aliphatic rings.